The number of carboxylic acid groups (broad SMARTS) is 1. The highest BCUT2D eigenvalue weighted by atomic mass is 32.2. The SMILES string of the molecule is CCN(/C=C(/C#N)C(=O)NCC(=O)O)C1CCS(=O)(=O)C1. The van der Waals surface area contributed by atoms with Gasteiger partial charge in [-0.3, -0.25) is 9.59 Å². The first-order valence-corrected chi connectivity index (χ1v) is 8.19. The minimum atomic E-state index is -3.07. The van der Waals surface area contributed by atoms with Crippen LogP contribution in [0.3, 0.4) is 0 Å². The lowest BCUT2D eigenvalue weighted by Crippen LogP contribution is -2.34. The molecule has 1 heterocycles. The van der Waals surface area contributed by atoms with Crippen LogP contribution in [0.2, 0.25) is 0 Å². The Morgan fingerprint density at radius 3 is 2.62 bits per heavy atom. The van der Waals surface area contributed by atoms with Crippen LogP contribution >= 0.6 is 0 Å². The summed E-state index contributed by atoms with van der Waals surface area (Å²) >= 11 is 0. The molecule has 0 saturated carbocycles. The zero-order chi connectivity index (χ0) is 16.0. The number of carbonyl (C=O) groups excluding carboxylic acids is 1. The average Bonchev–Trinajstić information content (AvgIpc) is 2.77. The lowest BCUT2D eigenvalue weighted by atomic mass is 10.2. The first kappa shape index (κ1) is 17.0. The largest absolute Gasteiger partial charge is 0.480 e. The summed E-state index contributed by atoms with van der Waals surface area (Å²) < 4.78 is 22.9. The van der Waals surface area contributed by atoms with Gasteiger partial charge in [0, 0.05) is 18.8 Å². The van der Waals surface area contributed by atoms with Crippen LogP contribution in [-0.4, -0.2) is 60.9 Å². The van der Waals surface area contributed by atoms with Crippen molar-refractivity contribution < 1.29 is 23.1 Å². The van der Waals surface area contributed by atoms with Gasteiger partial charge in [-0.2, -0.15) is 5.26 Å². The van der Waals surface area contributed by atoms with Crippen molar-refractivity contribution in [3.8, 4) is 6.07 Å². The number of nitriles is 1. The maximum absolute atomic E-state index is 11.7. The Morgan fingerprint density at radius 2 is 2.19 bits per heavy atom. The third-order valence-corrected chi connectivity index (χ3v) is 4.85. The average molecular weight is 315 g/mol. The van der Waals surface area contributed by atoms with Gasteiger partial charge in [-0.25, -0.2) is 8.42 Å². The summed E-state index contributed by atoms with van der Waals surface area (Å²) in [5.74, 6) is -1.92. The van der Waals surface area contributed by atoms with Crippen LogP contribution in [-0.2, 0) is 19.4 Å². The fraction of sp³-hybridized carbons (Fsp3) is 0.583. The van der Waals surface area contributed by atoms with E-state index in [1.807, 2.05) is 0 Å². The van der Waals surface area contributed by atoms with E-state index in [1.54, 1.807) is 17.9 Å². The number of amides is 1. The van der Waals surface area contributed by atoms with Crippen molar-refractivity contribution in [3.63, 3.8) is 0 Å². The van der Waals surface area contributed by atoms with Gasteiger partial charge in [0.1, 0.15) is 18.2 Å². The summed E-state index contributed by atoms with van der Waals surface area (Å²) in [6, 6.07) is 1.43. The predicted octanol–water partition coefficient (Wildman–Crippen LogP) is -0.896. The van der Waals surface area contributed by atoms with E-state index >= 15 is 0 Å². The van der Waals surface area contributed by atoms with E-state index in [0.29, 0.717) is 13.0 Å². The first-order chi connectivity index (χ1) is 9.79. The Balaban J connectivity index is 2.82. The molecular weight excluding hydrogens is 298 g/mol. The molecule has 1 saturated heterocycles. The summed E-state index contributed by atoms with van der Waals surface area (Å²) in [6.45, 7) is 1.64. The van der Waals surface area contributed by atoms with E-state index in [0.717, 1.165) is 0 Å². The summed E-state index contributed by atoms with van der Waals surface area (Å²) in [6.07, 6.45) is 1.74. The van der Waals surface area contributed by atoms with E-state index in [9.17, 15) is 18.0 Å². The van der Waals surface area contributed by atoms with Gasteiger partial charge in [-0.15, -0.1) is 0 Å². The third kappa shape index (κ3) is 5.07. The molecule has 116 valence electrons. The molecule has 1 amide bonds. The Morgan fingerprint density at radius 1 is 1.52 bits per heavy atom. The van der Waals surface area contributed by atoms with Crippen LogP contribution in [0.5, 0.6) is 0 Å². The minimum Gasteiger partial charge on any atom is -0.480 e. The number of hydrogen-bond donors (Lipinski definition) is 2. The van der Waals surface area contributed by atoms with Gasteiger partial charge < -0.3 is 15.3 Å². The molecule has 0 aromatic heterocycles. The third-order valence-electron chi connectivity index (χ3n) is 3.10. The van der Waals surface area contributed by atoms with Crippen LogP contribution in [0.15, 0.2) is 11.8 Å². The van der Waals surface area contributed by atoms with Crippen molar-refractivity contribution in [1.82, 2.24) is 10.2 Å². The van der Waals surface area contributed by atoms with Gasteiger partial charge in [0.2, 0.25) is 0 Å². The molecule has 1 rings (SSSR count). The lowest BCUT2D eigenvalue weighted by Gasteiger charge is -2.25. The number of nitrogens with zero attached hydrogens (tertiary/aromatic N) is 2. The second-order valence-electron chi connectivity index (χ2n) is 4.62. The predicted molar refractivity (Wildman–Crippen MR) is 73.8 cm³/mol. The van der Waals surface area contributed by atoms with E-state index in [4.69, 9.17) is 10.4 Å². The van der Waals surface area contributed by atoms with Crippen LogP contribution in [0.4, 0.5) is 0 Å². The van der Waals surface area contributed by atoms with Gasteiger partial charge in [0.15, 0.2) is 9.84 Å². The van der Waals surface area contributed by atoms with Crippen molar-refractivity contribution in [2.24, 2.45) is 0 Å². The van der Waals surface area contributed by atoms with Crippen LogP contribution in [0.25, 0.3) is 0 Å². The first-order valence-electron chi connectivity index (χ1n) is 6.37. The van der Waals surface area contributed by atoms with Crippen molar-refractivity contribution in [1.29, 1.82) is 5.26 Å². The smallest absolute Gasteiger partial charge is 0.322 e. The van der Waals surface area contributed by atoms with E-state index in [2.05, 4.69) is 5.32 Å². The molecular formula is C12H17N3O5S. The highest BCUT2D eigenvalue weighted by Gasteiger charge is 2.31. The molecule has 21 heavy (non-hydrogen) atoms. The quantitative estimate of drug-likeness (QED) is 0.480. The number of nitrogens with one attached hydrogen (secondary N) is 1. The molecule has 1 atom stereocenters. The molecule has 1 aliphatic heterocycles. The normalized spacial score (nSPS) is 20.6. The molecule has 0 aromatic carbocycles. The van der Waals surface area contributed by atoms with Crippen LogP contribution in [0, 0.1) is 11.3 Å². The van der Waals surface area contributed by atoms with Crippen molar-refractivity contribution in [3.05, 3.63) is 11.8 Å². The van der Waals surface area contributed by atoms with Gasteiger partial charge in [-0.1, -0.05) is 0 Å². The molecule has 9 heteroatoms. The van der Waals surface area contributed by atoms with Gasteiger partial charge >= 0.3 is 5.97 Å². The fourth-order valence-electron chi connectivity index (χ4n) is 2.05. The summed E-state index contributed by atoms with van der Waals surface area (Å²) in [5.41, 5.74) is -0.248. The number of sulfone groups is 1. The Bertz CT molecular complexity index is 591. The number of carboxylic acids is 1. The molecule has 1 unspecified atom stereocenters. The molecule has 8 nitrogen and oxygen atoms in total. The summed E-state index contributed by atoms with van der Waals surface area (Å²) in [5, 5.41) is 19.6. The highest BCUT2D eigenvalue weighted by Crippen LogP contribution is 2.18. The maximum atomic E-state index is 11.7. The molecule has 0 spiro atoms. The van der Waals surface area contributed by atoms with E-state index < -0.39 is 28.3 Å². The zero-order valence-corrected chi connectivity index (χ0v) is 12.4. The Kier molecular flexibility index (Phi) is 5.72. The number of rotatable bonds is 6. The van der Waals surface area contributed by atoms with E-state index in [1.165, 1.54) is 6.20 Å². The Hall–Kier alpha value is -2.08. The number of carbonyl (C=O) groups is 2. The van der Waals surface area contributed by atoms with E-state index in [-0.39, 0.29) is 23.1 Å². The molecule has 0 aliphatic carbocycles. The summed E-state index contributed by atoms with van der Waals surface area (Å²) in [7, 11) is -3.07. The topological polar surface area (TPSA) is 128 Å². The molecule has 0 bridgehead atoms. The van der Waals surface area contributed by atoms with Gasteiger partial charge in [0.25, 0.3) is 5.91 Å². The fourth-order valence-corrected chi connectivity index (χ4v) is 3.79. The van der Waals surface area contributed by atoms with Crippen molar-refractivity contribution >= 4 is 21.7 Å². The molecule has 0 radical (unpaired) electrons. The Labute approximate surface area is 123 Å². The van der Waals surface area contributed by atoms with Crippen LogP contribution in [0.1, 0.15) is 13.3 Å². The van der Waals surface area contributed by atoms with Crippen molar-refractivity contribution in [2.75, 3.05) is 24.6 Å². The van der Waals surface area contributed by atoms with Gasteiger partial charge in [-0.05, 0) is 13.3 Å². The summed E-state index contributed by atoms with van der Waals surface area (Å²) in [4.78, 5) is 23.7. The number of aliphatic carboxylic acids is 1. The van der Waals surface area contributed by atoms with Gasteiger partial charge in [0.05, 0.1) is 11.5 Å². The lowest BCUT2D eigenvalue weighted by molar-refractivity contribution is -0.137. The number of hydrogen-bond acceptors (Lipinski definition) is 6. The molecule has 1 fully saturated rings. The zero-order valence-electron chi connectivity index (χ0n) is 11.6. The highest BCUT2D eigenvalue weighted by molar-refractivity contribution is 7.91. The van der Waals surface area contributed by atoms with Crippen molar-refractivity contribution in [2.45, 2.75) is 19.4 Å². The molecule has 0 aromatic rings. The minimum absolute atomic E-state index is 0.00715. The van der Waals surface area contributed by atoms with Crippen LogP contribution < -0.4 is 5.32 Å². The maximum Gasteiger partial charge on any atom is 0.322 e. The monoisotopic (exact) mass is 315 g/mol. The second kappa shape index (κ2) is 7.08. The molecule has 1 aliphatic rings. The second-order valence-corrected chi connectivity index (χ2v) is 6.85. The standard InChI is InChI=1S/C12H17N3O5S/c1-2-15(10-3-4-21(19,20)8-10)7-9(5-13)12(18)14-6-11(16)17/h7,10H,2-4,6,8H2,1H3,(H,14,18)(H,16,17)/b9-7-. The molecule has 2 N–H and O–H groups in total.